The summed E-state index contributed by atoms with van der Waals surface area (Å²) in [4.78, 5) is 12.5. The summed E-state index contributed by atoms with van der Waals surface area (Å²) in [5, 5.41) is 3.62. The van der Waals surface area contributed by atoms with E-state index in [0.717, 1.165) is 6.42 Å². The van der Waals surface area contributed by atoms with Gasteiger partial charge in [0.15, 0.2) is 0 Å². The number of carbonyl (C=O) groups excluding carboxylic acids is 1. The number of rotatable bonds is 3. The Balaban J connectivity index is 1.99. The molecule has 1 aromatic carbocycles. The minimum atomic E-state index is 0.0931. The largest absolute Gasteiger partial charge is 0.352 e. The topological polar surface area (TPSA) is 29.1 Å². The smallest absolute Gasteiger partial charge is 0.217 e. The third-order valence-corrected chi connectivity index (χ3v) is 4.53. The molecule has 2 atom stereocenters. The van der Waals surface area contributed by atoms with Crippen LogP contribution in [0.2, 0.25) is 0 Å². The Hall–Kier alpha value is -0.960. The van der Waals surface area contributed by atoms with Gasteiger partial charge in [0.2, 0.25) is 5.91 Å². The molecule has 0 unspecified atom stereocenters. The zero-order valence-electron chi connectivity index (χ0n) is 10.2. The highest BCUT2D eigenvalue weighted by molar-refractivity contribution is 8.00. The Morgan fingerprint density at radius 3 is 2.65 bits per heavy atom. The Labute approximate surface area is 107 Å². The van der Waals surface area contributed by atoms with Gasteiger partial charge in [-0.1, -0.05) is 31.0 Å². The molecule has 1 aromatic rings. The van der Waals surface area contributed by atoms with Crippen molar-refractivity contribution in [2.75, 3.05) is 0 Å². The van der Waals surface area contributed by atoms with Crippen molar-refractivity contribution in [3.63, 3.8) is 0 Å². The van der Waals surface area contributed by atoms with E-state index >= 15 is 0 Å². The molecular weight excluding hydrogens is 230 g/mol. The summed E-state index contributed by atoms with van der Waals surface area (Å²) in [6.45, 7) is 1.61. The third kappa shape index (κ3) is 3.77. The van der Waals surface area contributed by atoms with Crippen molar-refractivity contribution in [3.05, 3.63) is 30.3 Å². The fourth-order valence-electron chi connectivity index (χ4n) is 2.34. The second-order valence-electron chi connectivity index (χ2n) is 4.56. The molecule has 3 heteroatoms. The highest BCUT2D eigenvalue weighted by Gasteiger charge is 2.26. The van der Waals surface area contributed by atoms with Gasteiger partial charge in [0.25, 0.3) is 0 Å². The van der Waals surface area contributed by atoms with Crippen molar-refractivity contribution in [3.8, 4) is 0 Å². The average Bonchev–Trinajstić information content (AvgIpc) is 2.32. The Kier molecular flexibility index (Phi) is 4.49. The summed E-state index contributed by atoms with van der Waals surface area (Å²) in [6.07, 6.45) is 4.83. The monoisotopic (exact) mass is 249 g/mol. The average molecular weight is 249 g/mol. The van der Waals surface area contributed by atoms with Gasteiger partial charge in [0.1, 0.15) is 0 Å². The zero-order valence-corrected chi connectivity index (χ0v) is 11.0. The summed E-state index contributed by atoms with van der Waals surface area (Å²) < 4.78 is 0. The molecule has 0 radical (unpaired) electrons. The van der Waals surface area contributed by atoms with E-state index in [2.05, 4.69) is 29.6 Å². The van der Waals surface area contributed by atoms with Crippen LogP contribution in [0.15, 0.2) is 35.2 Å². The maximum absolute atomic E-state index is 11.2. The van der Waals surface area contributed by atoms with Gasteiger partial charge in [-0.3, -0.25) is 4.79 Å². The van der Waals surface area contributed by atoms with Crippen LogP contribution in [-0.4, -0.2) is 17.2 Å². The normalized spacial score (nSPS) is 24.3. The molecule has 0 heterocycles. The molecule has 0 bridgehead atoms. The Bertz CT molecular complexity index is 366. The summed E-state index contributed by atoms with van der Waals surface area (Å²) in [7, 11) is 0. The minimum Gasteiger partial charge on any atom is -0.352 e. The molecule has 1 fully saturated rings. The molecule has 0 spiro atoms. The predicted octanol–water partition coefficient (Wildman–Crippen LogP) is 3.23. The lowest BCUT2D eigenvalue weighted by Crippen LogP contribution is -2.42. The number of benzene rings is 1. The second kappa shape index (κ2) is 6.10. The van der Waals surface area contributed by atoms with Crippen LogP contribution in [0.25, 0.3) is 0 Å². The first-order chi connectivity index (χ1) is 8.25. The quantitative estimate of drug-likeness (QED) is 0.891. The van der Waals surface area contributed by atoms with Gasteiger partial charge >= 0.3 is 0 Å². The van der Waals surface area contributed by atoms with Gasteiger partial charge in [-0.05, 0) is 25.0 Å². The molecule has 2 rings (SSSR count). The van der Waals surface area contributed by atoms with Crippen LogP contribution in [0.5, 0.6) is 0 Å². The number of thioether (sulfide) groups is 1. The van der Waals surface area contributed by atoms with Crippen molar-refractivity contribution >= 4 is 17.7 Å². The van der Waals surface area contributed by atoms with Gasteiger partial charge in [-0.15, -0.1) is 11.8 Å². The van der Waals surface area contributed by atoms with E-state index in [1.165, 1.54) is 24.2 Å². The summed E-state index contributed by atoms with van der Waals surface area (Å²) in [6, 6.07) is 10.8. The molecule has 1 saturated carbocycles. The minimum absolute atomic E-state index is 0.0931. The van der Waals surface area contributed by atoms with Crippen LogP contribution in [0.1, 0.15) is 32.6 Å². The first kappa shape index (κ1) is 12.5. The molecule has 0 aliphatic heterocycles. The predicted molar refractivity (Wildman–Crippen MR) is 72.2 cm³/mol. The number of hydrogen-bond acceptors (Lipinski definition) is 2. The summed E-state index contributed by atoms with van der Waals surface area (Å²) in [5.41, 5.74) is 0. The van der Waals surface area contributed by atoms with Gasteiger partial charge in [-0.2, -0.15) is 0 Å². The van der Waals surface area contributed by atoms with Crippen molar-refractivity contribution in [1.29, 1.82) is 0 Å². The number of amides is 1. The fourth-order valence-corrected chi connectivity index (χ4v) is 3.65. The lowest BCUT2D eigenvalue weighted by molar-refractivity contribution is -0.119. The maximum Gasteiger partial charge on any atom is 0.217 e. The van der Waals surface area contributed by atoms with E-state index < -0.39 is 0 Å². The first-order valence-electron chi connectivity index (χ1n) is 6.24. The van der Waals surface area contributed by atoms with Crippen LogP contribution >= 0.6 is 11.8 Å². The molecule has 1 amide bonds. The van der Waals surface area contributed by atoms with Crippen molar-refractivity contribution in [2.45, 2.75) is 48.8 Å². The van der Waals surface area contributed by atoms with Crippen LogP contribution in [0, 0.1) is 0 Å². The zero-order chi connectivity index (χ0) is 12.1. The lowest BCUT2D eigenvalue weighted by Gasteiger charge is -2.31. The standard InChI is InChI=1S/C14H19NOS/c1-11(16)15-13-9-5-6-10-14(13)17-12-7-3-2-4-8-12/h2-4,7-8,13-14H,5-6,9-10H2,1H3,(H,15,16)/t13-,14+/m1/s1. The van der Waals surface area contributed by atoms with Crippen molar-refractivity contribution < 1.29 is 4.79 Å². The maximum atomic E-state index is 11.2. The lowest BCUT2D eigenvalue weighted by atomic mass is 9.95. The van der Waals surface area contributed by atoms with Crippen molar-refractivity contribution in [2.24, 2.45) is 0 Å². The van der Waals surface area contributed by atoms with Crippen LogP contribution in [0.4, 0.5) is 0 Å². The third-order valence-electron chi connectivity index (χ3n) is 3.12. The summed E-state index contributed by atoms with van der Waals surface area (Å²) in [5.74, 6) is 0.0931. The van der Waals surface area contributed by atoms with E-state index in [-0.39, 0.29) is 5.91 Å². The highest BCUT2D eigenvalue weighted by atomic mass is 32.2. The van der Waals surface area contributed by atoms with Gasteiger partial charge in [0, 0.05) is 23.1 Å². The van der Waals surface area contributed by atoms with Gasteiger partial charge in [0.05, 0.1) is 0 Å². The Morgan fingerprint density at radius 2 is 1.94 bits per heavy atom. The SMILES string of the molecule is CC(=O)N[C@@H]1CCCC[C@@H]1Sc1ccccc1. The van der Waals surface area contributed by atoms with Crippen LogP contribution < -0.4 is 5.32 Å². The molecule has 1 aliphatic carbocycles. The number of carbonyl (C=O) groups is 1. The van der Waals surface area contributed by atoms with E-state index in [0.29, 0.717) is 11.3 Å². The van der Waals surface area contributed by atoms with E-state index in [1.54, 1.807) is 6.92 Å². The number of hydrogen-bond donors (Lipinski definition) is 1. The molecule has 2 nitrogen and oxygen atoms in total. The van der Waals surface area contributed by atoms with E-state index in [1.807, 2.05) is 17.8 Å². The van der Waals surface area contributed by atoms with E-state index in [4.69, 9.17) is 0 Å². The highest BCUT2D eigenvalue weighted by Crippen LogP contribution is 2.33. The van der Waals surface area contributed by atoms with Crippen LogP contribution in [0.3, 0.4) is 0 Å². The van der Waals surface area contributed by atoms with Gasteiger partial charge < -0.3 is 5.32 Å². The first-order valence-corrected chi connectivity index (χ1v) is 7.12. The molecule has 92 valence electrons. The molecule has 17 heavy (non-hydrogen) atoms. The molecule has 1 N–H and O–H groups in total. The van der Waals surface area contributed by atoms with Crippen molar-refractivity contribution in [1.82, 2.24) is 5.32 Å². The summed E-state index contributed by atoms with van der Waals surface area (Å²) >= 11 is 1.90. The molecule has 0 saturated heterocycles. The Morgan fingerprint density at radius 1 is 1.24 bits per heavy atom. The number of nitrogens with one attached hydrogen (secondary N) is 1. The molecular formula is C14H19NOS. The molecule has 1 aliphatic rings. The van der Waals surface area contributed by atoms with Crippen LogP contribution in [-0.2, 0) is 4.79 Å². The van der Waals surface area contributed by atoms with E-state index in [9.17, 15) is 4.79 Å². The second-order valence-corrected chi connectivity index (χ2v) is 5.87. The fraction of sp³-hybridized carbons (Fsp3) is 0.500. The molecule has 0 aromatic heterocycles. The van der Waals surface area contributed by atoms with Gasteiger partial charge in [-0.25, -0.2) is 0 Å².